The summed E-state index contributed by atoms with van der Waals surface area (Å²) in [4.78, 5) is 0. The summed E-state index contributed by atoms with van der Waals surface area (Å²) in [6, 6.07) is 21.8. The highest BCUT2D eigenvalue weighted by Crippen LogP contribution is 2.34. The molecule has 1 heteroatoms. The van der Waals surface area contributed by atoms with E-state index in [1.54, 1.807) is 5.92 Å². The van der Waals surface area contributed by atoms with Crippen molar-refractivity contribution in [2.24, 2.45) is 0 Å². The number of aryl methyl sites for hydroxylation is 1. The van der Waals surface area contributed by atoms with E-state index in [0.29, 0.717) is 5.92 Å². The van der Waals surface area contributed by atoms with Gasteiger partial charge in [0.2, 0.25) is 0 Å². The molecule has 1 heterocycles. The van der Waals surface area contributed by atoms with Crippen LogP contribution >= 0.6 is 0 Å². The number of benzene rings is 2. The third kappa shape index (κ3) is 3.29. The summed E-state index contributed by atoms with van der Waals surface area (Å²) in [6.45, 7) is 2.22. The molecule has 1 N–H and O–H groups in total. The number of nitrogens with one attached hydrogen (secondary N) is 1. The minimum Gasteiger partial charge on any atom is -0.316 e. The van der Waals surface area contributed by atoms with Crippen LogP contribution < -0.4 is 5.32 Å². The van der Waals surface area contributed by atoms with Crippen LogP contribution in [0.4, 0.5) is 0 Å². The third-order valence-electron chi connectivity index (χ3n) is 4.24. The lowest BCUT2D eigenvalue weighted by Crippen LogP contribution is -2.34. The molecule has 0 spiro atoms. The van der Waals surface area contributed by atoms with Gasteiger partial charge < -0.3 is 5.32 Å². The van der Waals surface area contributed by atoms with Gasteiger partial charge in [-0.05, 0) is 42.9 Å². The fourth-order valence-electron chi connectivity index (χ4n) is 3.10. The molecule has 1 aliphatic rings. The van der Waals surface area contributed by atoms with Crippen molar-refractivity contribution in [1.82, 2.24) is 5.32 Å². The first-order chi connectivity index (χ1) is 9.93. The van der Waals surface area contributed by atoms with E-state index in [-0.39, 0.29) is 0 Å². The SMILES string of the molecule is c1ccc(CC[C]2CCNCC2c2ccccc2)cc1. The van der Waals surface area contributed by atoms with Crippen molar-refractivity contribution < 1.29 is 0 Å². The summed E-state index contributed by atoms with van der Waals surface area (Å²) < 4.78 is 0. The molecular weight excluding hydrogens is 242 g/mol. The van der Waals surface area contributed by atoms with Gasteiger partial charge in [0.1, 0.15) is 0 Å². The van der Waals surface area contributed by atoms with Crippen LogP contribution in [0.2, 0.25) is 0 Å². The summed E-state index contributed by atoms with van der Waals surface area (Å²) in [5, 5.41) is 3.54. The Morgan fingerprint density at radius 3 is 2.30 bits per heavy atom. The predicted octanol–water partition coefficient (Wildman–Crippen LogP) is 3.97. The van der Waals surface area contributed by atoms with E-state index < -0.39 is 0 Å². The van der Waals surface area contributed by atoms with Gasteiger partial charge in [0.25, 0.3) is 0 Å². The molecule has 103 valence electrons. The lowest BCUT2D eigenvalue weighted by atomic mass is 9.78. The molecule has 0 amide bonds. The van der Waals surface area contributed by atoms with Crippen LogP contribution in [-0.4, -0.2) is 13.1 Å². The molecule has 1 radical (unpaired) electrons. The topological polar surface area (TPSA) is 12.0 Å². The molecule has 1 nitrogen and oxygen atoms in total. The van der Waals surface area contributed by atoms with Crippen molar-refractivity contribution >= 4 is 0 Å². The quantitative estimate of drug-likeness (QED) is 0.881. The summed E-state index contributed by atoms with van der Waals surface area (Å²) in [7, 11) is 0. The van der Waals surface area contributed by atoms with Crippen LogP contribution in [-0.2, 0) is 6.42 Å². The molecule has 1 fully saturated rings. The molecule has 1 unspecified atom stereocenters. The van der Waals surface area contributed by atoms with Gasteiger partial charge in [-0.1, -0.05) is 60.7 Å². The van der Waals surface area contributed by atoms with Crippen molar-refractivity contribution in [2.75, 3.05) is 13.1 Å². The van der Waals surface area contributed by atoms with Crippen LogP contribution in [0.5, 0.6) is 0 Å². The van der Waals surface area contributed by atoms with Crippen molar-refractivity contribution in [3.63, 3.8) is 0 Å². The molecule has 1 atom stereocenters. The number of hydrogen-bond donors (Lipinski definition) is 1. The molecule has 0 saturated carbocycles. The molecule has 2 aromatic carbocycles. The zero-order chi connectivity index (χ0) is 13.6. The fourth-order valence-corrected chi connectivity index (χ4v) is 3.10. The number of rotatable bonds is 4. The lowest BCUT2D eigenvalue weighted by molar-refractivity contribution is 0.467. The van der Waals surface area contributed by atoms with Crippen LogP contribution in [0, 0.1) is 5.92 Å². The Morgan fingerprint density at radius 2 is 1.55 bits per heavy atom. The third-order valence-corrected chi connectivity index (χ3v) is 4.24. The first-order valence-electron chi connectivity index (χ1n) is 7.57. The van der Waals surface area contributed by atoms with Gasteiger partial charge >= 0.3 is 0 Å². The highest BCUT2D eigenvalue weighted by molar-refractivity contribution is 5.28. The Bertz CT molecular complexity index is 506. The van der Waals surface area contributed by atoms with Crippen LogP contribution in [0.25, 0.3) is 0 Å². The highest BCUT2D eigenvalue weighted by atomic mass is 14.9. The van der Waals surface area contributed by atoms with Gasteiger partial charge in [-0.2, -0.15) is 0 Å². The molecular formula is C19H22N. The zero-order valence-corrected chi connectivity index (χ0v) is 11.9. The van der Waals surface area contributed by atoms with Crippen LogP contribution in [0.1, 0.15) is 29.9 Å². The van der Waals surface area contributed by atoms with Crippen LogP contribution in [0.15, 0.2) is 60.7 Å². The molecule has 1 saturated heterocycles. The standard InChI is InChI=1S/C19H22N/c1-3-7-16(8-4-1)11-12-18-13-14-20-15-19(18)17-9-5-2-6-10-17/h1-10,19-20H,11-15H2. The van der Waals surface area contributed by atoms with Crippen molar-refractivity contribution in [1.29, 1.82) is 0 Å². The first kappa shape index (κ1) is 13.4. The van der Waals surface area contributed by atoms with Gasteiger partial charge in [-0.15, -0.1) is 0 Å². The normalized spacial score (nSPS) is 19.9. The van der Waals surface area contributed by atoms with Crippen molar-refractivity contribution in [3.05, 3.63) is 77.7 Å². The van der Waals surface area contributed by atoms with Gasteiger partial charge in [0, 0.05) is 12.5 Å². The second-order valence-electron chi connectivity index (χ2n) is 5.56. The Morgan fingerprint density at radius 1 is 0.850 bits per heavy atom. The van der Waals surface area contributed by atoms with E-state index in [0.717, 1.165) is 13.1 Å². The summed E-state index contributed by atoms with van der Waals surface area (Å²) in [5.74, 6) is 2.30. The van der Waals surface area contributed by atoms with E-state index >= 15 is 0 Å². The van der Waals surface area contributed by atoms with Crippen molar-refractivity contribution in [3.8, 4) is 0 Å². The van der Waals surface area contributed by atoms with E-state index in [9.17, 15) is 0 Å². The van der Waals surface area contributed by atoms with Gasteiger partial charge in [0.15, 0.2) is 0 Å². The summed E-state index contributed by atoms with van der Waals surface area (Å²) in [5.41, 5.74) is 2.91. The van der Waals surface area contributed by atoms with E-state index in [1.165, 1.54) is 30.4 Å². The van der Waals surface area contributed by atoms with Gasteiger partial charge in [0.05, 0.1) is 0 Å². The second-order valence-corrected chi connectivity index (χ2v) is 5.56. The van der Waals surface area contributed by atoms with Gasteiger partial charge in [-0.25, -0.2) is 0 Å². The molecule has 0 aliphatic carbocycles. The maximum Gasteiger partial charge on any atom is 0.00260 e. The van der Waals surface area contributed by atoms with Crippen LogP contribution in [0.3, 0.4) is 0 Å². The van der Waals surface area contributed by atoms with E-state index in [2.05, 4.69) is 66.0 Å². The maximum absolute atomic E-state index is 3.54. The first-order valence-corrected chi connectivity index (χ1v) is 7.57. The number of hydrogen-bond acceptors (Lipinski definition) is 1. The van der Waals surface area contributed by atoms with Crippen molar-refractivity contribution in [2.45, 2.75) is 25.2 Å². The smallest absolute Gasteiger partial charge is 0.00260 e. The predicted molar refractivity (Wildman–Crippen MR) is 84.7 cm³/mol. The zero-order valence-electron chi connectivity index (χ0n) is 11.9. The Kier molecular flexibility index (Phi) is 4.49. The molecule has 2 aromatic rings. The minimum absolute atomic E-state index is 0.591. The Hall–Kier alpha value is -1.60. The second kappa shape index (κ2) is 6.71. The maximum atomic E-state index is 3.54. The fraction of sp³-hybridized carbons (Fsp3) is 0.316. The number of piperidine rings is 1. The Balaban J connectivity index is 1.67. The van der Waals surface area contributed by atoms with E-state index in [1.807, 2.05) is 0 Å². The van der Waals surface area contributed by atoms with E-state index in [4.69, 9.17) is 0 Å². The minimum atomic E-state index is 0.591. The largest absolute Gasteiger partial charge is 0.316 e. The molecule has 3 rings (SSSR count). The monoisotopic (exact) mass is 264 g/mol. The lowest BCUT2D eigenvalue weighted by Gasteiger charge is -2.32. The average Bonchev–Trinajstić information content (AvgIpc) is 2.55. The van der Waals surface area contributed by atoms with Gasteiger partial charge in [-0.3, -0.25) is 0 Å². The molecule has 1 aliphatic heterocycles. The summed E-state index contributed by atoms with van der Waals surface area (Å²) >= 11 is 0. The molecule has 20 heavy (non-hydrogen) atoms. The Labute approximate surface area is 122 Å². The average molecular weight is 264 g/mol. The molecule has 0 bridgehead atoms. The summed E-state index contributed by atoms with van der Waals surface area (Å²) in [6.07, 6.45) is 3.59. The molecule has 0 aromatic heterocycles. The highest BCUT2D eigenvalue weighted by Gasteiger charge is 2.26.